The maximum absolute atomic E-state index is 11.3. The number of esters is 2. The molecule has 6 nitrogen and oxygen atoms in total. The molecular weight excluding hydrogens is 248 g/mol. The van der Waals surface area contributed by atoms with Gasteiger partial charge in [-0.15, -0.1) is 0 Å². The molecule has 19 heavy (non-hydrogen) atoms. The Hall–Kier alpha value is -2.08. The number of rotatable bonds is 6. The van der Waals surface area contributed by atoms with Crippen molar-refractivity contribution in [3.63, 3.8) is 0 Å². The van der Waals surface area contributed by atoms with Crippen molar-refractivity contribution in [1.82, 2.24) is 4.90 Å². The summed E-state index contributed by atoms with van der Waals surface area (Å²) in [6.07, 6.45) is 0. The molecule has 0 fully saturated rings. The van der Waals surface area contributed by atoms with Crippen LogP contribution in [-0.2, 0) is 25.6 Å². The Labute approximate surface area is 112 Å². The second-order valence-corrected chi connectivity index (χ2v) is 4.04. The van der Waals surface area contributed by atoms with Crippen LogP contribution in [0.4, 0.5) is 5.69 Å². The van der Waals surface area contributed by atoms with Gasteiger partial charge in [-0.1, -0.05) is 12.1 Å². The second kappa shape index (κ2) is 7.38. The Morgan fingerprint density at radius 3 is 2.21 bits per heavy atom. The lowest BCUT2D eigenvalue weighted by Crippen LogP contribution is -2.35. The first-order valence-electron chi connectivity index (χ1n) is 5.75. The zero-order valence-corrected chi connectivity index (χ0v) is 11.1. The number of methoxy groups -OCH3 is 2. The third kappa shape index (κ3) is 5.39. The van der Waals surface area contributed by atoms with Crippen molar-refractivity contribution in [3.8, 4) is 0 Å². The van der Waals surface area contributed by atoms with Gasteiger partial charge in [-0.25, -0.2) is 0 Å². The van der Waals surface area contributed by atoms with Crippen LogP contribution in [0.1, 0.15) is 5.56 Å². The molecule has 0 spiro atoms. The summed E-state index contributed by atoms with van der Waals surface area (Å²) in [7, 11) is 2.61. The largest absolute Gasteiger partial charge is 0.468 e. The second-order valence-electron chi connectivity index (χ2n) is 4.04. The summed E-state index contributed by atoms with van der Waals surface area (Å²) in [4.78, 5) is 24.2. The molecule has 1 aromatic carbocycles. The molecule has 0 heterocycles. The fourth-order valence-corrected chi connectivity index (χ4v) is 1.61. The van der Waals surface area contributed by atoms with E-state index in [0.717, 1.165) is 5.56 Å². The molecule has 0 unspecified atom stereocenters. The van der Waals surface area contributed by atoms with E-state index in [1.807, 2.05) is 12.1 Å². The highest BCUT2D eigenvalue weighted by Gasteiger charge is 2.15. The van der Waals surface area contributed by atoms with Crippen LogP contribution >= 0.6 is 0 Å². The number of nitrogens with zero attached hydrogens (tertiary/aromatic N) is 1. The van der Waals surface area contributed by atoms with E-state index in [1.54, 1.807) is 17.0 Å². The van der Waals surface area contributed by atoms with E-state index in [4.69, 9.17) is 5.73 Å². The predicted octanol–water partition coefficient (Wildman–Crippen LogP) is 0.417. The lowest BCUT2D eigenvalue weighted by Gasteiger charge is -2.19. The molecule has 0 saturated heterocycles. The van der Waals surface area contributed by atoms with Crippen LogP contribution in [0.5, 0.6) is 0 Å². The first-order valence-corrected chi connectivity index (χ1v) is 5.75. The molecule has 1 rings (SSSR count). The molecule has 2 N–H and O–H groups in total. The van der Waals surface area contributed by atoms with E-state index in [1.165, 1.54) is 14.2 Å². The van der Waals surface area contributed by atoms with Gasteiger partial charge >= 0.3 is 11.9 Å². The van der Waals surface area contributed by atoms with Crippen LogP contribution in [0.25, 0.3) is 0 Å². The Bertz CT molecular complexity index is 430. The number of anilines is 1. The first kappa shape index (κ1) is 15.0. The number of benzene rings is 1. The van der Waals surface area contributed by atoms with E-state index in [2.05, 4.69) is 9.47 Å². The van der Waals surface area contributed by atoms with Gasteiger partial charge in [0.05, 0.1) is 27.3 Å². The smallest absolute Gasteiger partial charge is 0.319 e. The van der Waals surface area contributed by atoms with Gasteiger partial charge in [-0.2, -0.15) is 0 Å². The molecule has 0 amide bonds. The number of nitrogen functional groups attached to an aromatic ring is 1. The molecule has 0 aromatic heterocycles. The normalized spacial score (nSPS) is 10.3. The van der Waals surface area contributed by atoms with Gasteiger partial charge < -0.3 is 15.2 Å². The highest BCUT2D eigenvalue weighted by molar-refractivity contribution is 5.74. The fourth-order valence-electron chi connectivity index (χ4n) is 1.61. The molecule has 0 bridgehead atoms. The predicted molar refractivity (Wildman–Crippen MR) is 70.2 cm³/mol. The van der Waals surface area contributed by atoms with Crippen LogP contribution in [0.3, 0.4) is 0 Å². The SMILES string of the molecule is COC(=O)CN(CC(=O)OC)Cc1cccc(N)c1. The number of carbonyl (C=O) groups is 2. The monoisotopic (exact) mass is 266 g/mol. The Kier molecular flexibility index (Phi) is 5.81. The van der Waals surface area contributed by atoms with Gasteiger partial charge in [0.2, 0.25) is 0 Å². The van der Waals surface area contributed by atoms with Crippen LogP contribution < -0.4 is 5.73 Å². The van der Waals surface area contributed by atoms with Crippen LogP contribution in [0.2, 0.25) is 0 Å². The molecule has 104 valence electrons. The van der Waals surface area contributed by atoms with E-state index >= 15 is 0 Å². The summed E-state index contributed by atoms with van der Waals surface area (Å²) >= 11 is 0. The number of nitrogens with two attached hydrogens (primary N) is 1. The van der Waals surface area contributed by atoms with Gasteiger partial charge in [0.1, 0.15) is 0 Å². The minimum atomic E-state index is -0.409. The summed E-state index contributed by atoms with van der Waals surface area (Å²) < 4.78 is 9.20. The number of ether oxygens (including phenoxy) is 2. The van der Waals surface area contributed by atoms with Gasteiger partial charge in [-0.3, -0.25) is 14.5 Å². The third-order valence-electron chi connectivity index (χ3n) is 2.52. The molecule has 0 radical (unpaired) electrons. The molecule has 0 aliphatic rings. The third-order valence-corrected chi connectivity index (χ3v) is 2.52. The molecule has 0 aliphatic heterocycles. The van der Waals surface area contributed by atoms with Crippen molar-refractivity contribution in [2.75, 3.05) is 33.0 Å². The summed E-state index contributed by atoms with van der Waals surface area (Å²) in [6, 6.07) is 7.26. The van der Waals surface area contributed by atoms with Crippen molar-refractivity contribution < 1.29 is 19.1 Å². The van der Waals surface area contributed by atoms with Crippen LogP contribution in [0, 0.1) is 0 Å². The zero-order chi connectivity index (χ0) is 14.3. The van der Waals surface area contributed by atoms with E-state index in [-0.39, 0.29) is 13.1 Å². The van der Waals surface area contributed by atoms with E-state index < -0.39 is 11.9 Å². The van der Waals surface area contributed by atoms with Crippen molar-refractivity contribution in [2.24, 2.45) is 0 Å². The average molecular weight is 266 g/mol. The molecule has 0 saturated carbocycles. The zero-order valence-electron chi connectivity index (χ0n) is 11.1. The van der Waals surface area contributed by atoms with Crippen molar-refractivity contribution >= 4 is 17.6 Å². The summed E-state index contributed by atoms with van der Waals surface area (Å²) in [5, 5.41) is 0. The molecule has 0 atom stereocenters. The minimum absolute atomic E-state index is 0.0143. The van der Waals surface area contributed by atoms with Gasteiger partial charge in [0, 0.05) is 12.2 Å². The topological polar surface area (TPSA) is 81.9 Å². The lowest BCUT2D eigenvalue weighted by molar-refractivity contribution is -0.145. The summed E-state index contributed by atoms with van der Waals surface area (Å²) in [5.41, 5.74) is 7.23. The van der Waals surface area contributed by atoms with Gasteiger partial charge in [0.15, 0.2) is 0 Å². The average Bonchev–Trinajstić information content (AvgIpc) is 2.38. The Morgan fingerprint density at radius 2 is 1.74 bits per heavy atom. The number of hydrogen-bond acceptors (Lipinski definition) is 6. The van der Waals surface area contributed by atoms with Crippen molar-refractivity contribution in [3.05, 3.63) is 29.8 Å². The summed E-state index contributed by atoms with van der Waals surface area (Å²) in [6.45, 7) is 0.441. The van der Waals surface area contributed by atoms with Crippen molar-refractivity contribution in [2.45, 2.75) is 6.54 Å². The maximum atomic E-state index is 11.3. The Balaban J connectivity index is 2.72. The fraction of sp³-hybridized carbons (Fsp3) is 0.385. The molecular formula is C13H18N2O4. The quantitative estimate of drug-likeness (QED) is 0.593. The molecule has 6 heteroatoms. The van der Waals surface area contributed by atoms with E-state index in [9.17, 15) is 9.59 Å². The number of carbonyl (C=O) groups excluding carboxylic acids is 2. The van der Waals surface area contributed by atoms with Crippen molar-refractivity contribution in [1.29, 1.82) is 0 Å². The molecule has 0 aliphatic carbocycles. The lowest BCUT2D eigenvalue weighted by atomic mass is 10.2. The van der Waals surface area contributed by atoms with Gasteiger partial charge in [-0.05, 0) is 17.7 Å². The highest BCUT2D eigenvalue weighted by atomic mass is 16.5. The Morgan fingerprint density at radius 1 is 1.16 bits per heavy atom. The van der Waals surface area contributed by atoms with E-state index in [0.29, 0.717) is 12.2 Å². The van der Waals surface area contributed by atoms with Crippen LogP contribution in [-0.4, -0.2) is 44.1 Å². The first-order chi connectivity index (χ1) is 9.05. The van der Waals surface area contributed by atoms with Crippen LogP contribution in [0.15, 0.2) is 24.3 Å². The number of hydrogen-bond donors (Lipinski definition) is 1. The maximum Gasteiger partial charge on any atom is 0.319 e. The summed E-state index contributed by atoms with van der Waals surface area (Å²) in [5.74, 6) is -0.819. The highest BCUT2D eigenvalue weighted by Crippen LogP contribution is 2.09. The molecule has 1 aromatic rings. The standard InChI is InChI=1S/C13H18N2O4/c1-18-12(16)8-15(9-13(17)19-2)7-10-4-3-5-11(14)6-10/h3-6H,7-9,14H2,1-2H3. The van der Waals surface area contributed by atoms with Gasteiger partial charge in [0.25, 0.3) is 0 Å². The minimum Gasteiger partial charge on any atom is -0.468 e.